The highest BCUT2D eigenvalue weighted by Crippen LogP contribution is 2.37. The van der Waals surface area contributed by atoms with E-state index in [-0.39, 0.29) is 6.61 Å². The molecule has 2 N–H and O–H groups in total. The Hall–Kier alpha value is -2.71. The van der Waals surface area contributed by atoms with Crippen molar-refractivity contribution in [3.63, 3.8) is 0 Å². The molecule has 0 aromatic heterocycles. The minimum absolute atomic E-state index is 0.261. The molecule has 136 valence electrons. The zero-order valence-corrected chi connectivity index (χ0v) is 13.1. The molecule has 2 atom stereocenters. The number of likely N-dealkylation sites (tertiary alicyclic amines) is 1. The Morgan fingerprint density at radius 3 is 2.68 bits per heavy atom. The number of carboxylic acid groups (broad SMARTS) is 1. The molecule has 9 heteroatoms. The minimum Gasteiger partial charge on any atom is -0.489 e. The van der Waals surface area contributed by atoms with Gasteiger partial charge in [0.1, 0.15) is 12.4 Å². The van der Waals surface area contributed by atoms with Crippen LogP contribution in [0.1, 0.15) is 0 Å². The van der Waals surface area contributed by atoms with Crippen molar-refractivity contribution in [1.29, 1.82) is 0 Å². The normalized spacial score (nSPS) is 20.2. The lowest BCUT2D eigenvalue weighted by molar-refractivity contribution is -0.187. The van der Waals surface area contributed by atoms with Gasteiger partial charge in [-0.1, -0.05) is 18.7 Å². The van der Waals surface area contributed by atoms with Gasteiger partial charge in [-0.2, -0.15) is 13.2 Å². The van der Waals surface area contributed by atoms with E-state index in [9.17, 15) is 22.8 Å². The number of aliphatic carboxylic acids is 1. The first-order valence-corrected chi connectivity index (χ1v) is 7.41. The third-order valence-electron chi connectivity index (χ3n) is 3.80. The highest BCUT2D eigenvalue weighted by atomic mass is 19.4. The predicted molar refractivity (Wildman–Crippen MR) is 83.4 cm³/mol. The van der Waals surface area contributed by atoms with Crippen LogP contribution >= 0.6 is 0 Å². The second-order valence-corrected chi connectivity index (χ2v) is 5.56. The average molecular weight is 358 g/mol. The molecule has 0 aliphatic carbocycles. The summed E-state index contributed by atoms with van der Waals surface area (Å²) in [6, 6.07) is 5.52. The summed E-state index contributed by atoms with van der Waals surface area (Å²) in [6.07, 6.45) is -3.14. The zero-order valence-electron chi connectivity index (χ0n) is 13.1. The van der Waals surface area contributed by atoms with Gasteiger partial charge in [-0.05, 0) is 12.1 Å². The number of benzene rings is 1. The summed E-state index contributed by atoms with van der Waals surface area (Å²) < 4.78 is 44.2. The summed E-state index contributed by atoms with van der Waals surface area (Å²) in [5.74, 6) is -4.88. The minimum atomic E-state index is -4.68. The lowest BCUT2D eigenvalue weighted by atomic mass is 9.96. The SMILES string of the molecule is C=CCOc1cccc(NC(=O)N2C[C@@H](C(F)(F)F)[C@H](C(=O)O)C2)c1. The molecular formula is C16H17F3N2O4. The molecule has 1 aliphatic rings. The van der Waals surface area contributed by atoms with Crippen LogP contribution in [0.4, 0.5) is 23.7 Å². The molecule has 0 spiro atoms. The number of anilines is 1. The van der Waals surface area contributed by atoms with E-state index in [2.05, 4.69) is 11.9 Å². The van der Waals surface area contributed by atoms with Crippen molar-refractivity contribution < 1.29 is 32.6 Å². The van der Waals surface area contributed by atoms with Crippen molar-refractivity contribution in [3.05, 3.63) is 36.9 Å². The lowest BCUT2D eigenvalue weighted by Gasteiger charge is -2.19. The van der Waals surface area contributed by atoms with Crippen LogP contribution in [0, 0.1) is 11.8 Å². The van der Waals surface area contributed by atoms with E-state index in [1.807, 2.05) is 0 Å². The number of carbonyl (C=O) groups is 2. The number of hydrogen-bond donors (Lipinski definition) is 2. The summed E-state index contributed by atoms with van der Waals surface area (Å²) in [5, 5.41) is 11.4. The molecule has 2 rings (SSSR count). The fourth-order valence-electron chi connectivity index (χ4n) is 2.57. The van der Waals surface area contributed by atoms with Crippen LogP contribution in [0.2, 0.25) is 0 Å². The molecule has 1 heterocycles. The number of halogens is 3. The molecule has 2 amide bonds. The maximum Gasteiger partial charge on any atom is 0.394 e. The number of urea groups is 1. The van der Waals surface area contributed by atoms with Gasteiger partial charge < -0.3 is 20.1 Å². The summed E-state index contributed by atoms with van der Waals surface area (Å²) in [6.45, 7) is 2.57. The number of nitrogens with zero attached hydrogens (tertiary/aromatic N) is 1. The van der Waals surface area contributed by atoms with Crippen LogP contribution < -0.4 is 10.1 Å². The van der Waals surface area contributed by atoms with Crippen LogP contribution in [0.5, 0.6) is 5.75 Å². The van der Waals surface area contributed by atoms with Gasteiger partial charge in [0.25, 0.3) is 0 Å². The summed E-state index contributed by atoms with van der Waals surface area (Å²) >= 11 is 0. The first-order chi connectivity index (χ1) is 11.7. The summed E-state index contributed by atoms with van der Waals surface area (Å²) in [5.41, 5.74) is 0.328. The predicted octanol–water partition coefficient (Wildman–Crippen LogP) is 2.98. The third kappa shape index (κ3) is 4.65. The van der Waals surface area contributed by atoms with Crippen LogP contribution in [0.25, 0.3) is 0 Å². The van der Waals surface area contributed by atoms with Gasteiger partial charge in [0.05, 0.1) is 11.8 Å². The number of carboxylic acids is 1. The number of nitrogens with one attached hydrogen (secondary N) is 1. The molecule has 1 saturated heterocycles. The van der Waals surface area contributed by atoms with E-state index in [0.717, 1.165) is 4.90 Å². The van der Waals surface area contributed by atoms with Crippen LogP contribution in [-0.4, -0.2) is 47.9 Å². The zero-order chi connectivity index (χ0) is 18.6. The van der Waals surface area contributed by atoms with E-state index in [4.69, 9.17) is 9.84 Å². The van der Waals surface area contributed by atoms with E-state index in [1.165, 1.54) is 6.07 Å². The Morgan fingerprint density at radius 1 is 1.40 bits per heavy atom. The number of rotatable bonds is 5. The van der Waals surface area contributed by atoms with Crippen molar-refractivity contribution in [2.45, 2.75) is 6.18 Å². The van der Waals surface area contributed by atoms with Crippen molar-refractivity contribution in [3.8, 4) is 5.75 Å². The van der Waals surface area contributed by atoms with Gasteiger partial charge in [-0.25, -0.2) is 4.79 Å². The van der Waals surface area contributed by atoms with Gasteiger partial charge >= 0.3 is 18.2 Å². The molecule has 0 unspecified atom stereocenters. The van der Waals surface area contributed by atoms with Crippen molar-refractivity contribution in [2.75, 3.05) is 25.0 Å². The average Bonchev–Trinajstić information content (AvgIpc) is 2.99. The van der Waals surface area contributed by atoms with E-state index >= 15 is 0 Å². The van der Waals surface area contributed by atoms with Gasteiger partial charge in [-0.3, -0.25) is 4.79 Å². The van der Waals surface area contributed by atoms with E-state index < -0.39 is 43.1 Å². The molecular weight excluding hydrogens is 341 g/mol. The lowest BCUT2D eigenvalue weighted by Crippen LogP contribution is -2.35. The van der Waals surface area contributed by atoms with E-state index in [1.54, 1.807) is 24.3 Å². The van der Waals surface area contributed by atoms with Crippen molar-refractivity contribution in [2.24, 2.45) is 11.8 Å². The molecule has 6 nitrogen and oxygen atoms in total. The molecule has 1 fully saturated rings. The van der Waals surface area contributed by atoms with E-state index in [0.29, 0.717) is 11.4 Å². The monoisotopic (exact) mass is 358 g/mol. The molecule has 1 aliphatic heterocycles. The molecule has 1 aromatic carbocycles. The Kier molecular flexibility index (Phi) is 5.55. The standard InChI is InChI=1S/C16H17F3N2O4/c1-2-6-25-11-5-3-4-10(7-11)20-15(24)21-8-12(14(22)23)13(9-21)16(17,18)19/h2-5,7,12-13H,1,6,8-9H2,(H,20,24)(H,22,23)/t12-,13-/m1/s1. The fraction of sp³-hybridized carbons (Fsp3) is 0.375. The smallest absolute Gasteiger partial charge is 0.394 e. The molecule has 1 aromatic rings. The number of hydrogen-bond acceptors (Lipinski definition) is 3. The number of alkyl halides is 3. The fourth-order valence-corrected chi connectivity index (χ4v) is 2.57. The maximum absolute atomic E-state index is 13.0. The number of amides is 2. The molecule has 25 heavy (non-hydrogen) atoms. The highest BCUT2D eigenvalue weighted by Gasteiger charge is 2.53. The van der Waals surface area contributed by atoms with Crippen LogP contribution in [-0.2, 0) is 4.79 Å². The molecule has 0 bridgehead atoms. The number of carbonyl (C=O) groups excluding carboxylic acids is 1. The topological polar surface area (TPSA) is 78.9 Å². The van der Waals surface area contributed by atoms with Crippen LogP contribution in [0.15, 0.2) is 36.9 Å². The van der Waals surface area contributed by atoms with Gasteiger partial charge in [-0.15, -0.1) is 0 Å². The second kappa shape index (κ2) is 7.45. The number of ether oxygens (including phenoxy) is 1. The van der Waals surface area contributed by atoms with Crippen molar-refractivity contribution in [1.82, 2.24) is 4.90 Å². The van der Waals surface area contributed by atoms with Crippen LogP contribution in [0.3, 0.4) is 0 Å². The van der Waals surface area contributed by atoms with Gasteiger partial charge in [0.2, 0.25) is 0 Å². The van der Waals surface area contributed by atoms with Crippen molar-refractivity contribution >= 4 is 17.7 Å². The second-order valence-electron chi connectivity index (χ2n) is 5.56. The Morgan fingerprint density at radius 2 is 2.12 bits per heavy atom. The Bertz CT molecular complexity index is 663. The Balaban J connectivity index is 2.06. The molecule has 0 radical (unpaired) electrons. The third-order valence-corrected chi connectivity index (χ3v) is 3.80. The Labute approximate surface area is 141 Å². The molecule has 0 saturated carbocycles. The largest absolute Gasteiger partial charge is 0.489 e. The quantitative estimate of drug-likeness (QED) is 0.793. The summed E-state index contributed by atoms with van der Waals surface area (Å²) in [4.78, 5) is 24.1. The maximum atomic E-state index is 13.0. The van der Waals surface area contributed by atoms with Gasteiger partial charge in [0, 0.05) is 24.8 Å². The summed E-state index contributed by atoms with van der Waals surface area (Å²) in [7, 11) is 0. The first-order valence-electron chi connectivity index (χ1n) is 7.41. The highest BCUT2D eigenvalue weighted by molar-refractivity contribution is 5.90. The first kappa shape index (κ1) is 18.6. The van der Waals surface area contributed by atoms with Gasteiger partial charge in [0.15, 0.2) is 0 Å².